The zero-order chi connectivity index (χ0) is 15.9. The van der Waals surface area contributed by atoms with Gasteiger partial charge in [-0.2, -0.15) is 0 Å². The molecule has 0 aromatic heterocycles. The summed E-state index contributed by atoms with van der Waals surface area (Å²) in [5.41, 5.74) is 5.39. The smallest absolute Gasteiger partial charge is 0.322 e. The van der Waals surface area contributed by atoms with Crippen LogP contribution in [0.2, 0.25) is 0 Å². The summed E-state index contributed by atoms with van der Waals surface area (Å²) in [6.45, 7) is 7.37. The summed E-state index contributed by atoms with van der Waals surface area (Å²) < 4.78 is 35.2. The van der Waals surface area contributed by atoms with E-state index in [2.05, 4.69) is 4.72 Å². The summed E-state index contributed by atoms with van der Waals surface area (Å²) in [5, 5.41) is 0. The average molecular weight is 310 g/mol. The minimum Gasteiger partial charge on any atom is -0.462 e. The summed E-state index contributed by atoms with van der Waals surface area (Å²) in [4.78, 5) is 11.3. The lowest BCUT2D eigenvalue weighted by molar-refractivity contribution is -0.150. The van der Waals surface area contributed by atoms with Crippen molar-refractivity contribution in [1.29, 1.82) is 0 Å². The van der Waals surface area contributed by atoms with Gasteiger partial charge < -0.3 is 15.2 Å². The van der Waals surface area contributed by atoms with Crippen LogP contribution in [-0.2, 0) is 24.3 Å². The number of sulfonamides is 1. The van der Waals surface area contributed by atoms with Crippen molar-refractivity contribution in [3.05, 3.63) is 0 Å². The normalized spacial score (nSPS) is 16.8. The first-order chi connectivity index (χ1) is 9.03. The maximum Gasteiger partial charge on any atom is 0.322 e. The zero-order valence-electron chi connectivity index (χ0n) is 12.8. The summed E-state index contributed by atoms with van der Waals surface area (Å²) >= 11 is 0. The SMILES string of the molecule is CC(C)[C@H](C)O[C@@H](CNS(C)(=O)=O)COC(=O)[C@H](C)N. The summed E-state index contributed by atoms with van der Waals surface area (Å²) in [7, 11) is -3.33. The van der Waals surface area contributed by atoms with Gasteiger partial charge in [-0.1, -0.05) is 13.8 Å². The fourth-order valence-electron chi connectivity index (χ4n) is 1.16. The second kappa shape index (κ2) is 8.56. The second-order valence-electron chi connectivity index (χ2n) is 5.25. The highest BCUT2D eigenvalue weighted by Crippen LogP contribution is 2.09. The number of carbonyl (C=O) groups excluding carboxylic acids is 1. The molecule has 0 fully saturated rings. The molecule has 8 heteroatoms. The highest BCUT2D eigenvalue weighted by molar-refractivity contribution is 7.88. The standard InChI is InChI=1S/C12H26N2O5S/c1-8(2)10(4)19-11(6-14-20(5,16)17)7-18-12(15)9(3)13/h8-11,14H,6-7,13H2,1-5H3/t9-,10-,11-/m0/s1. The van der Waals surface area contributed by atoms with Gasteiger partial charge in [-0.25, -0.2) is 13.1 Å². The van der Waals surface area contributed by atoms with Crippen LogP contribution in [0.3, 0.4) is 0 Å². The number of esters is 1. The van der Waals surface area contributed by atoms with Gasteiger partial charge in [0, 0.05) is 6.54 Å². The lowest BCUT2D eigenvalue weighted by Gasteiger charge is -2.25. The van der Waals surface area contributed by atoms with Gasteiger partial charge >= 0.3 is 5.97 Å². The molecule has 0 aliphatic rings. The van der Waals surface area contributed by atoms with Crippen LogP contribution >= 0.6 is 0 Å². The van der Waals surface area contributed by atoms with Crippen molar-refractivity contribution in [3.8, 4) is 0 Å². The van der Waals surface area contributed by atoms with Gasteiger partial charge in [0.1, 0.15) is 18.8 Å². The Balaban J connectivity index is 4.50. The third-order valence-corrected chi connectivity index (χ3v) is 3.39. The van der Waals surface area contributed by atoms with Gasteiger partial charge in [-0.15, -0.1) is 0 Å². The first-order valence-electron chi connectivity index (χ1n) is 6.55. The molecule has 0 saturated carbocycles. The Morgan fingerprint density at radius 1 is 1.25 bits per heavy atom. The van der Waals surface area contributed by atoms with E-state index in [0.29, 0.717) is 0 Å². The number of hydrogen-bond acceptors (Lipinski definition) is 6. The molecule has 0 unspecified atom stereocenters. The van der Waals surface area contributed by atoms with Crippen molar-refractivity contribution in [2.24, 2.45) is 11.7 Å². The topological polar surface area (TPSA) is 108 Å². The molecule has 0 rings (SSSR count). The average Bonchev–Trinajstić information content (AvgIpc) is 2.30. The van der Waals surface area contributed by atoms with Crippen LogP contribution in [0.15, 0.2) is 0 Å². The summed E-state index contributed by atoms with van der Waals surface area (Å²) in [6.07, 6.45) is 0.421. The third kappa shape index (κ3) is 9.24. The molecule has 0 radical (unpaired) electrons. The van der Waals surface area contributed by atoms with Crippen LogP contribution < -0.4 is 10.5 Å². The molecule has 0 saturated heterocycles. The lowest BCUT2D eigenvalue weighted by Crippen LogP contribution is -2.40. The van der Waals surface area contributed by atoms with Crippen molar-refractivity contribution in [1.82, 2.24) is 4.72 Å². The quantitative estimate of drug-likeness (QED) is 0.574. The molecule has 3 N–H and O–H groups in total. The van der Waals surface area contributed by atoms with E-state index >= 15 is 0 Å². The highest BCUT2D eigenvalue weighted by atomic mass is 32.2. The molecule has 0 aromatic carbocycles. The van der Waals surface area contributed by atoms with E-state index in [4.69, 9.17) is 15.2 Å². The van der Waals surface area contributed by atoms with Crippen molar-refractivity contribution >= 4 is 16.0 Å². The van der Waals surface area contributed by atoms with Crippen molar-refractivity contribution in [2.45, 2.75) is 45.9 Å². The molecular weight excluding hydrogens is 284 g/mol. The molecule has 120 valence electrons. The van der Waals surface area contributed by atoms with Gasteiger partial charge in [0.2, 0.25) is 10.0 Å². The highest BCUT2D eigenvalue weighted by Gasteiger charge is 2.20. The molecule has 0 amide bonds. The molecule has 20 heavy (non-hydrogen) atoms. The van der Waals surface area contributed by atoms with E-state index in [1.807, 2.05) is 20.8 Å². The first-order valence-corrected chi connectivity index (χ1v) is 8.44. The minimum atomic E-state index is -3.33. The summed E-state index contributed by atoms with van der Waals surface area (Å²) in [5.74, 6) is -0.282. The number of nitrogens with two attached hydrogens (primary N) is 1. The van der Waals surface area contributed by atoms with Crippen molar-refractivity contribution in [3.63, 3.8) is 0 Å². The third-order valence-electron chi connectivity index (χ3n) is 2.70. The molecule has 0 aromatic rings. The van der Waals surface area contributed by atoms with E-state index in [9.17, 15) is 13.2 Å². The number of carbonyl (C=O) groups is 1. The van der Waals surface area contributed by atoms with Crippen molar-refractivity contribution in [2.75, 3.05) is 19.4 Å². The van der Waals surface area contributed by atoms with Gasteiger partial charge in [-0.05, 0) is 19.8 Å². The molecule has 0 heterocycles. The molecule has 0 bridgehead atoms. The maximum atomic E-state index is 11.3. The Bertz CT molecular complexity index is 395. The zero-order valence-corrected chi connectivity index (χ0v) is 13.6. The Hall–Kier alpha value is -0.700. The van der Waals surface area contributed by atoms with Gasteiger partial charge in [0.25, 0.3) is 0 Å². The predicted octanol–water partition coefficient (Wildman–Crippen LogP) is -0.144. The van der Waals surface area contributed by atoms with Crippen LogP contribution in [-0.4, -0.2) is 52.0 Å². The van der Waals surface area contributed by atoms with Crippen LogP contribution in [0.1, 0.15) is 27.7 Å². The number of rotatable bonds is 9. The largest absolute Gasteiger partial charge is 0.462 e. The number of nitrogens with one attached hydrogen (secondary N) is 1. The molecular formula is C12H26N2O5S. The lowest BCUT2D eigenvalue weighted by atomic mass is 10.1. The Morgan fingerprint density at radius 3 is 2.20 bits per heavy atom. The monoisotopic (exact) mass is 310 g/mol. The van der Waals surface area contributed by atoms with E-state index in [0.717, 1.165) is 6.26 Å². The Kier molecular flexibility index (Phi) is 8.26. The number of hydrogen-bond donors (Lipinski definition) is 2. The van der Waals surface area contributed by atoms with Gasteiger partial charge in [-0.3, -0.25) is 4.79 Å². The molecule has 0 aliphatic heterocycles. The fraction of sp³-hybridized carbons (Fsp3) is 0.917. The molecule has 0 aliphatic carbocycles. The van der Waals surface area contributed by atoms with E-state index in [-0.39, 0.29) is 25.2 Å². The second-order valence-corrected chi connectivity index (χ2v) is 7.08. The van der Waals surface area contributed by atoms with Crippen LogP contribution in [0.4, 0.5) is 0 Å². The van der Waals surface area contributed by atoms with Gasteiger partial charge in [0.15, 0.2) is 0 Å². The van der Waals surface area contributed by atoms with E-state index in [1.54, 1.807) is 0 Å². The molecule has 0 spiro atoms. The summed E-state index contributed by atoms with van der Waals surface area (Å²) in [6, 6.07) is -0.721. The molecule has 3 atom stereocenters. The van der Waals surface area contributed by atoms with Crippen LogP contribution in [0.5, 0.6) is 0 Å². The van der Waals surface area contributed by atoms with E-state index in [1.165, 1.54) is 6.92 Å². The van der Waals surface area contributed by atoms with Crippen LogP contribution in [0.25, 0.3) is 0 Å². The van der Waals surface area contributed by atoms with Crippen molar-refractivity contribution < 1.29 is 22.7 Å². The predicted molar refractivity (Wildman–Crippen MR) is 76.6 cm³/mol. The first kappa shape index (κ1) is 19.3. The Morgan fingerprint density at radius 2 is 1.80 bits per heavy atom. The van der Waals surface area contributed by atoms with Gasteiger partial charge in [0.05, 0.1) is 12.4 Å². The maximum absolute atomic E-state index is 11.3. The molecule has 7 nitrogen and oxygen atoms in total. The van der Waals surface area contributed by atoms with Crippen LogP contribution in [0, 0.1) is 5.92 Å². The number of ether oxygens (including phenoxy) is 2. The fourth-order valence-corrected chi connectivity index (χ4v) is 1.65. The van der Waals surface area contributed by atoms with E-state index < -0.39 is 28.1 Å². The minimum absolute atomic E-state index is 0.0417. The Labute approximate surface area is 121 Å².